The van der Waals surface area contributed by atoms with E-state index in [1.807, 2.05) is 24.3 Å². The van der Waals surface area contributed by atoms with Gasteiger partial charge in [-0.2, -0.15) is 0 Å². The minimum absolute atomic E-state index is 0.0829. The Labute approximate surface area is 174 Å². The van der Waals surface area contributed by atoms with Gasteiger partial charge < -0.3 is 9.88 Å². The summed E-state index contributed by atoms with van der Waals surface area (Å²) in [7, 11) is -2.43. The number of carbonyl (C=O) groups is 1. The molecule has 1 aliphatic heterocycles. The third-order valence-corrected chi connectivity index (χ3v) is 7.21. The number of halogens is 1. The molecule has 0 atom stereocenters. The van der Waals surface area contributed by atoms with Crippen LogP contribution in [0.1, 0.15) is 34.9 Å². The SMILES string of the molecule is CNS(=O)(=O)c1cc(C(=O)N2CCC(c3nc4ccccc4[nH]3)CC2)ccc1Cl. The number of aromatic nitrogens is 2. The second-order valence-electron chi connectivity index (χ2n) is 7.06. The quantitative estimate of drug-likeness (QED) is 0.662. The van der Waals surface area contributed by atoms with Crippen LogP contribution in [0.25, 0.3) is 11.0 Å². The van der Waals surface area contributed by atoms with Crippen molar-refractivity contribution in [2.75, 3.05) is 20.1 Å². The lowest BCUT2D eigenvalue weighted by Crippen LogP contribution is -2.38. The van der Waals surface area contributed by atoms with Crippen molar-refractivity contribution in [1.82, 2.24) is 19.6 Å². The van der Waals surface area contributed by atoms with E-state index in [2.05, 4.69) is 14.7 Å². The summed E-state index contributed by atoms with van der Waals surface area (Å²) in [5.74, 6) is 1.02. The number of piperidine rings is 1. The highest BCUT2D eigenvalue weighted by molar-refractivity contribution is 7.89. The Bertz CT molecular complexity index is 1130. The number of hydrogen-bond acceptors (Lipinski definition) is 4. The summed E-state index contributed by atoms with van der Waals surface area (Å²) >= 11 is 6.02. The van der Waals surface area contributed by atoms with Crippen LogP contribution in [-0.4, -0.2) is 49.3 Å². The Balaban J connectivity index is 1.48. The van der Waals surface area contributed by atoms with Crippen molar-refractivity contribution in [2.24, 2.45) is 0 Å². The molecule has 2 N–H and O–H groups in total. The van der Waals surface area contributed by atoms with Gasteiger partial charge in [0.15, 0.2) is 0 Å². The van der Waals surface area contributed by atoms with Crippen LogP contribution in [0.4, 0.5) is 0 Å². The van der Waals surface area contributed by atoms with Gasteiger partial charge in [-0.25, -0.2) is 18.1 Å². The second kappa shape index (κ2) is 7.78. The smallest absolute Gasteiger partial charge is 0.253 e. The predicted molar refractivity (Wildman–Crippen MR) is 112 cm³/mol. The molecular formula is C20H21ClN4O3S. The number of para-hydroxylation sites is 2. The molecule has 29 heavy (non-hydrogen) atoms. The van der Waals surface area contributed by atoms with Crippen LogP contribution in [0.3, 0.4) is 0 Å². The molecule has 9 heteroatoms. The van der Waals surface area contributed by atoms with E-state index >= 15 is 0 Å². The number of fused-ring (bicyclic) bond motifs is 1. The lowest BCUT2D eigenvalue weighted by molar-refractivity contribution is 0.0711. The van der Waals surface area contributed by atoms with Crippen LogP contribution >= 0.6 is 11.6 Å². The summed E-state index contributed by atoms with van der Waals surface area (Å²) in [6, 6.07) is 12.3. The zero-order valence-corrected chi connectivity index (χ0v) is 17.4. The van der Waals surface area contributed by atoms with Gasteiger partial charge in [-0.1, -0.05) is 23.7 Å². The molecule has 1 saturated heterocycles. The number of likely N-dealkylation sites (tertiary alicyclic amines) is 1. The van der Waals surface area contributed by atoms with E-state index < -0.39 is 10.0 Å². The van der Waals surface area contributed by atoms with Gasteiger partial charge in [-0.3, -0.25) is 4.79 Å². The summed E-state index contributed by atoms with van der Waals surface area (Å²) in [4.78, 5) is 22.6. The number of benzene rings is 2. The van der Waals surface area contributed by atoms with Gasteiger partial charge >= 0.3 is 0 Å². The van der Waals surface area contributed by atoms with Crippen LogP contribution in [0.15, 0.2) is 47.4 Å². The van der Waals surface area contributed by atoms with Crippen molar-refractivity contribution >= 4 is 38.6 Å². The van der Waals surface area contributed by atoms with Gasteiger partial charge in [0.2, 0.25) is 10.0 Å². The number of hydrogen-bond donors (Lipinski definition) is 2. The standard InChI is InChI=1S/C20H21ClN4O3S/c1-22-29(27,28)18-12-14(6-7-15(18)21)20(26)25-10-8-13(9-11-25)19-23-16-4-2-3-5-17(16)24-19/h2-7,12-13,22H,8-11H2,1H3,(H,23,24). The first kappa shape index (κ1) is 19.9. The fourth-order valence-corrected chi connectivity index (χ4v) is 4.91. The maximum Gasteiger partial charge on any atom is 0.253 e. The Hall–Kier alpha value is -2.42. The number of imidazole rings is 1. The number of sulfonamides is 1. The molecule has 7 nitrogen and oxygen atoms in total. The first-order valence-corrected chi connectivity index (χ1v) is 11.2. The van der Waals surface area contributed by atoms with Crippen molar-refractivity contribution < 1.29 is 13.2 Å². The average Bonchev–Trinajstić information content (AvgIpc) is 3.18. The largest absolute Gasteiger partial charge is 0.342 e. The minimum atomic E-state index is -3.74. The minimum Gasteiger partial charge on any atom is -0.342 e. The number of aromatic amines is 1. The highest BCUT2D eigenvalue weighted by Gasteiger charge is 2.27. The molecule has 1 fully saturated rings. The zero-order valence-electron chi connectivity index (χ0n) is 15.9. The van der Waals surface area contributed by atoms with Gasteiger partial charge in [-0.05, 0) is 50.2 Å². The van der Waals surface area contributed by atoms with Crippen molar-refractivity contribution in [3.8, 4) is 0 Å². The summed E-state index contributed by atoms with van der Waals surface area (Å²) < 4.78 is 26.5. The van der Waals surface area contributed by atoms with Gasteiger partial charge in [0.1, 0.15) is 10.7 Å². The zero-order chi connectivity index (χ0) is 20.6. The summed E-state index contributed by atoms with van der Waals surface area (Å²) in [6.07, 6.45) is 1.58. The lowest BCUT2D eigenvalue weighted by atomic mass is 9.95. The number of nitrogens with zero attached hydrogens (tertiary/aromatic N) is 2. The number of carbonyl (C=O) groups excluding carboxylic acids is 1. The van der Waals surface area contributed by atoms with E-state index in [1.165, 1.54) is 19.2 Å². The van der Waals surface area contributed by atoms with E-state index in [0.29, 0.717) is 18.7 Å². The average molecular weight is 433 g/mol. The Kier molecular flexibility index (Phi) is 5.33. The highest BCUT2D eigenvalue weighted by Crippen LogP contribution is 2.29. The molecule has 0 radical (unpaired) electrons. The van der Waals surface area contributed by atoms with Crippen LogP contribution in [0.5, 0.6) is 0 Å². The molecule has 0 spiro atoms. The normalized spacial score (nSPS) is 15.7. The van der Waals surface area contributed by atoms with Crippen molar-refractivity contribution in [3.05, 3.63) is 58.9 Å². The maximum atomic E-state index is 12.9. The lowest BCUT2D eigenvalue weighted by Gasteiger charge is -2.31. The molecule has 2 aromatic carbocycles. The van der Waals surface area contributed by atoms with Gasteiger partial charge in [-0.15, -0.1) is 0 Å². The van der Waals surface area contributed by atoms with Crippen LogP contribution < -0.4 is 4.72 Å². The van der Waals surface area contributed by atoms with Crippen molar-refractivity contribution in [2.45, 2.75) is 23.7 Å². The predicted octanol–water partition coefficient (Wildman–Crippen LogP) is 3.14. The first-order chi connectivity index (χ1) is 13.9. The highest BCUT2D eigenvalue weighted by atomic mass is 35.5. The molecule has 3 aromatic rings. The van der Waals surface area contributed by atoms with Gasteiger partial charge in [0, 0.05) is 24.6 Å². The maximum absolute atomic E-state index is 12.9. The van der Waals surface area contributed by atoms with E-state index in [4.69, 9.17) is 11.6 Å². The van der Waals surface area contributed by atoms with E-state index in [9.17, 15) is 13.2 Å². The first-order valence-electron chi connectivity index (χ1n) is 9.36. The molecule has 0 unspecified atom stereocenters. The topological polar surface area (TPSA) is 95.2 Å². The Morgan fingerprint density at radius 3 is 2.62 bits per heavy atom. The molecule has 0 bridgehead atoms. The molecule has 0 saturated carbocycles. The molecule has 152 valence electrons. The molecular weight excluding hydrogens is 412 g/mol. The summed E-state index contributed by atoms with van der Waals surface area (Å²) in [5, 5.41) is 0.0829. The number of amides is 1. The van der Waals surface area contributed by atoms with E-state index in [-0.39, 0.29) is 21.7 Å². The third-order valence-electron chi connectivity index (χ3n) is 5.31. The van der Waals surface area contributed by atoms with Gasteiger partial charge in [0.25, 0.3) is 5.91 Å². The number of nitrogens with one attached hydrogen (secondary N) is 2. The van der Waals surface area contributed by atoms with Gasteiger partial charge in [0.05, 0.1) is 16.1 Å². The number of rotatable bonds is 4. The van der Waals surface area contributed by atoms with Crippen molar-refractivity contribution in [1.29, 1.82) is 0 Å². The molecule has 4 rings (SSSR count). The third kappa shape index (κ3) is 3.88. The fraction of sp³-hybridized carbons (Fsp3) is 0.300. The molecule has 2 heterocycles. The molecule has 1 amide bonds. The molecule has 0 aliphatic carbocycles. The Morgan fingerprint density at radius 1 is 1.21 bits per heavy atom. The van der Waals surface area contributed by atoms with Crippen LogP contribution in [0.2, 0.25) is 5.02 Å². The van der Waals surface area contributed by atoms with E-state index in [1.54, 1.807) is 11.0 Å². The monoisotopic (exact) mass is 432 g/mol. The fourth-order valence-electron chi connectivity index (χ4n) is 3.66. The van der Waals surface area contributed by atoms with Crippen molar-refractivity contribution in [3.63, 3.8) is 0 Å². The van der Waals surface area contributed by atoms with Crippen LogP contribution in [-0.2, 0) is 10.0 Å². The number of H-pyrrole nitrogens is 1. The molecule has 1 aliphatic rings. The van der Waals surface area contributed by atoms with E-state index in [0.717, 1.165) is 29.7 Å². The summed E-state index contributed by atoms with van der Waals surface area (Å²) in [6.45, 7) is 1.16. The second-order valence-corrected chi connectivity index (χ2v) is 9.32. The Morgan fingerprint density at radius 2 is 1.93 bits per heavy atom. The summed E-state index contributed by atoms with van der Waals surface area (Å²) in [5.41, 5.74) is 2.27. The van der Waals surface area contributed by atoms with Crippen LogP contribution in [0, 0.1) is 0 Å². The molecule has 1 aromatic heterocycles.